The number of nitrogens with zero attached hydrogens (tertiary/aromatic N) is 1. The van der Waals surface area contributed by atoms with E-state index in [1.54, 1.807) is 0 Å². The van der Waals surface area contributed by atoms with E-state index in [4.69, 9.17) is 0 Å². The molecule has 3 aliphatic rings. The third-order valence-electron chi connectivity index (χ3n) is 14.1. The molecule has 11 rings (SSSR count). The molecule has 0 saturated carbocycles. The maximum Gasteiger partial charge on any atom is 0.0615 e. The number of hydrogen-bond donors (Lipinski definition) is 0. The van der Waals surface area contributed by atoms with Crippen LogP contribution in [-0.2, 0) is 10.8 Å². The lowest BCUT2D eigenvalue weighted by molar-refractivity contribution is 0.590. The van der Waals surface area contributed by atoms with Crippen LogP contribution in [0.1, 0.15) is 75.3 Å². The molecule has 0 unspecified atom stereocenters. The Bertz CT molecular complexity index is 3330. The van der Waals surface area contributed by atoms with Crippen LogP contribution < -0.4 is 4.90 Å². The zero-order chi connectivity index (χ0) is 45.0. The monoisotopic (exact) mass is 847 g/mol. The average molecular weight is 848 g/mol. The standard InChI is InChI=1S/C65H53N/c1-64(2,3)50-36-33-44(34-37-50)49-41-56(46-23-11-7-12-24-46)63(57(42-49)47-25-13-8-14-26-47)66(51-38-39-60-58(43-51)54-30-19-20-32-59(54)65(60,4)5)61-40-35-48-27-15-16-29-53(48)62(61)55-31-18-17-28-52(55)45-21-9-6-10-22-45/h6-17,19-30,32-37,40-43H,38-39H2,1-5H3. The van der Waals surface area contributed by atoms with Gasteiger partial charge in [-0.1, -0.05) is 222 Å². The molecule has 8 aromatic carbocycles. The van der Waals surface area contributed by atoms with E-state index in [1.165, 1.54) is 77.7 Å². The highest BCUT2D eigenvalue weighted by Gasteiger charge is 2.40. The molecule has 8 aromatic rings. The number of benzene rings is 8. The predicted octanol–water partition coefficient (Wildman–Crippen LogP) is 17.5. The lowest BCUT2D eigenvalue weighted by Gasteiger charge is -2.37. The number of allylic oxidation sites excluding steroid dienone is 8. The quantitative estimate of drug-likeness (QED) is 0.138. The summed E-state index contributed by atoms with van der Waals surface area (Å²) in [6, 6.07) is 69.5. The molecule has 0 saturated heterocycles. The summed E-state index contributed by atoms with van der Waals surface area (Å²) >= 11 is 0. The molecule has 1 heteroatoms. The van der Waals surface area contributed by atoms with Gasteiger partial charge < -0.3 is 4.90 Å². The van der Waals surface area contributed by atoms with Gasteiger partial charge in [0.1, 0.15) is 0 Å². The van der Waals surface area contributed by atoms with Crippen LogP contribution in [0.15, 0.2) is 229 Å². The van der Waals surface area contributed by atoms with Gasteiger partial charge in [-0.25, -0.2) is 0 Å². The Morgan fingerprint density at radius 2 is 1.15 bits per heavy atom. The van der Waals surface area contributed by atoms with E-state index in [2.05, 4.69) is 251 Å². The van der Waals surface area contributed by atoms with Gasteiger partial charge in [0.05, 0.1) is 11.4 Å². The molecule has 0 atom stereocenters. The van der Waals surface area contributed by atoms with Crippen LogP contribution in [-0.4, -0.2) is 0 Å². The van der Waals surface area contributed by atoms with Crippen molar-refractivity contribution in [3.8, 4) is 33.4 Å². The highest BCUT2D eigenvalue weighted by molar-refractivity contribution is 6.16. The molecule has 0 radical (unpaired) electrons. The Labute approximate surface area is 390 Å². The number of fused-ring (bicyclic) bond motifs is 3. The second-order valence-electron chi connectivity index (χ2n) is 19.5. The van der Waals surface area contributed by atoms with Crippen molar-refractivity contribution < 1.29 is 0 Å². The van der Waals surface area contributed by atoms with E-state index in [1.807, 2.05) is 6.08 Å². The molecule has 0 fully saturated rings. The second kappa shape index (κ2) is 16.4. The fraction of sp³-hybridized carbons (Fsp3) is 0.138. The summed E-state index contributed by atoms with van der Waals surface area (Å²) in [6.07, 6.45) is 8.57. The van der Waals surface area contributed by atoms with Gasteiger partial charge in [0.25, 0.3) is 0 Å². The van der Waals surface area contributed by atoms with Crippen molar-refractivity contribution in [3.63, 3.8) is 0 Å². The number of rotatable bonds is 8. The lowest BCUT2D eigenvalue weighted by atomic mass is 9.78. The summed E-state index contributed by atoms with van der Waals surface area (Å²) in [5.41, 5.74) is 29.1. The van der Waals surface area contributed by atoms with Gasteiger partial charge in [-0.3, -0.25) is 0 Å². The van der Waals surface area contributed by atoms with E-state index in [9.17, 15) is 0 Å². The Hall–Kier alpha value is -7.66. The van der Waals surface area contributed by atoms with Gasteiger partial charge in [0.2, 0.25) is 0 Å². The predicted molar refractivity (Wildman–Crippen MR) is 281 cm³/mol. The molecule has 0 amide bonds. The Balaban J connectivity index is 1.27. The summed E-state index contributed by atoms with van der Waals surface area (Å²) in [5, 5.41) is 2.36. The molecule has 1 nitrogen and oxygen atoms in total. The van der Waals surface area contributed by atoms with Gasteiger partial charge in [0.15, 0.2) is 0 Å². The molecular formula is C65H53N. The van der Waals surface area contributed by atoms with Crippen LogP contribution in [0.25, 0.3) is 60.9 Å². The van der Waals surface area contributed by atoms with Crippen LogP contribution in [0.2, 0.25) is 0 Å². The van der Waals surface area contributed by atoms with Crippen LogP contribution in [0.5, 0.6) is 0 Å². The van der Waals surface area contributed by atoms with Crippen LogP contribution >= 0.6 is 0 Å². The van der Waals surface area contributed by atoms with Gasteiger partial charge in [-0.05, 0) is 121 Å². The first-order valence-electron chi connectivity index (χ1n) is 23.4. The van der Waals surface area contributed by atoms with Crippen molar-refractivity contribution >= 4 is 38.9 Å². The Morgan fingerprint density at radius 3 is 1.82 bits per heavy atom. The summed E-state index contributed by atoms with van der Waals surface area (Å²) in [5.74, 6) is 0. The highest BCUT2D eigenvalue weighted by atomic mass is 15.2. The van der Waals surface area contributed by atoms with Crippen molar-refractivity contribution in [3.05, 3.63) is 257 Å². The minimum atomic E-state index is -0.0547. The van der Waals surface area contributed by atoms with E-state index in [0.29, 0.717) is 0 Å². The fourth-order valence-electron chi connectivity index (χ4n) is 10.7. The van der Waals surface area contributed by atoms with E-state index in [0.717, 1.165) is 46.5 Å². The Kier molecular flexibility index (Phi) is 10.2. The molecule has 0 aromatic heterocycles. The average Bonchev–Trinajstić information content (AvgIpc) is 3.59. The molecule has 3 aliphatic carbocycles. The molecule has 0 bridgehead atoms. The van der Waals surface area contributed by atoms with Gasteiger partial charge in [-0.15, -0.1) is 0 Å². The maximum absolute atomic E-state index is 3.71. The first-order valence-corrected chi connectivity index (χ1v) is 23.4. The van der Waals surface area contributed by atoms with Crippen LogP contribution in [0, 0.1) is 0 Å². The molecular weight excluding hydrogens is 795 g/mol. The smallest absolute Gasteiger partial charge is 0.0615 e. The lowest BCUT2D eigenvalue weighted by Crippen LogP contribution is -2.24. The third kappa shape index (κ3) is 7.15. The minimum absolute atomic E-state index is 0.0528. The van der Waals surface area contributed by atoms with Crippen LogP contribution in [0.4, 0.5) is 11.4 Å². The maximum atomic E-state index is 3.71. The molecule has 0 spiro atoms. The van der Waals surface area contributed by atoms with Crippen molar-refractivity contribution in [2.75, 3.05) is 4.90 Å². The SMILES string of the molecule is CC(C)(C)c1ccc(-c2cc(-c3ccccc3)c(N(C3=CC4=C(CC3)C(C)(C)c3ccccc34)c3ccc4ccccc4c3C3=C=C=CC=C3c3ccccc3)c(-c3ccccc3)c2)cc1. The second-order valence-corrected chi connectivity index (χ2v) is 19.5. The summed E-state index contributed by atoms with van der Waals surface area (Å²) < 4.78 is 0. The number of hydrogen-bond acceptors (Lipinski definition) is 1. The largest absolute Gasteiger partial charge is 0.312 e. The zero-order valence-corrected chi connectivity index (χ0v) is 38.5. The first kappa shape index (κ1) is 41.1. The molecule has 66 heavy (non-hydrogen) atoms. The van der Waals surface area contributed by atoms with Crippen molar-refractivity contribution in [1.29, 1.82) is 0 Å². The summed E-state index contributed by atoms with van der Waals surface area (Å²) in [4.78, 5) is 2.65. The summed E-state index contributed by atoms with van der Waals surface area (Å²) in [6.45, 7) is 11.7. The van der Waals surface area contributed by atoms with Crippen LogP contribution in [0.3, 0.4) is 0 Å². The van der Waals surface area contributed by atoms with Gasteiger partial charge in [-0.2, -0.15) is 0 Å². The molecule has 0 heterocycles. The van der Waals surface area contributed by atoms with Crippen molar-refractivity contribution in [2.24, 2.45) is 0 Å². The van der Waals surface area contributed by atoms with Crippen molar-refractivity contribution in [2.45, 2.75) is 58.3 Å². The third-order valence-corrected chi connectivity index (χ3v) is 14.1. The first-order chi connectivity index (χ1) is 32.1. The van der Waals surface area contributed by atoms with E-state index < -0.39 is 0 Å². The Morgan fingerprint density at radius 1 is 0.545 bits per heavy atom. The topological polar surface area (TPSA) is 3.24 Å². The molecule has 0 aliphatic heterocycles. The van der Waals surface area contributed by atoms with E-state index >= 15 is 0 Å². The normalized spacial score (nSPS) is 15.0. The zero-order valence-electron chi connectivity index (χ0n) is 38.5. The highest BCUT2D eigenvalue weighted by Crippen LogP contribution is 2.56. The van der Waals surface area contributed by atoms with Gasteiger partial charge in [0, 0.05) is 33.4 Å². The minimum Gasteiger partial charge on any atom is -0.312 e. The summed E-state index contributed by atoms with van der Waals surface area (Å²) in [7, 11) is 0. The van der Waals surface area contributed by atoms with Gasteiger partial charge >= 0.3 is 0 Å². The van der Waals surface area contributed by atoms with Crippen molar-refractivity contribution in [1.82, 2.24) is 0 Å². The van der Waals surface area contributed by atoms with E-state index in [-0.39, 0.29) is 10.8 Å². The number of anilines is 2. The fourth-order valence-corrected chi connectivity index (χ4v) is 10.7. The molecule has 318 valence electrons. The molecule has 0 N–H and O–H groups in total.